The van der Waals surface area contributed by atoms with Crippen LogP contribution in [0.25, 0.3) is 0 Å². The number of aliphatic hydroxyl groups excluding tert-OH is 1. The lowest BCUT2D eigenvalue weighted by Crippen LogP contribution is -2.55. The summed E-state index contributed by atoms with van der Waals surface area (Å²) in [5.74, 6) is -1.87. The Kier molecular flexibility index (Phi) is 5.63. The molecule has 1 unspecified atom stereocenters. The van der Waals surface area contributed by atoms with Crippen LogP contribution in [0.2, 0.25) is 0 Å². The average molecular weight is 447 g/mol. The third kappa shape index (κ3) is 3.25. The first-order chi connectivity index (χ1) is 15.1. The minimum atomic E-state index is -0.810. The lowest BCUT2D eigenvalue weighted by atomic mass is 9.78. The molecule has 4 heterocycles. The van der Waals surface area contributed by atoms with Crippen LogP contribution in [-0.2, 0) is 19.1 Å². The van der Waals surface area contributed by atoms with E-state index in [9.17, 15) is 19.5 Å². The molecule has 3 fully saturated rings. The first-order valence-electron chi connectivity index (χ1n) is 11.5. The molecule has 7 nitrogen and oxygen atoms in total. The summed E-state index contributed by atoms with van der Waals surface area (Å²) >= 11 is 1.56. The van der Waals surface area contributed by atoms with E-state index < -0.39 is 22.6 Å². The van der Waals surface area contributed by atoms with Gasteiger partial charge in [0, 0.05) is 24.4 Å². The Hall–Kier alpha value is -1.80. The molecule has 2 saturated heterocycles. The molecular formula is C23H30N2O5S. The highest BCUT2D eigenvalue weighted by atomic mass is 32.2. The summed E-state index contributed by atoms with van der Waals surface area (Å²) in [6.07, 6.45) is 14.1. The van der Waals surface area contributed by atoms with Gasteiger partial charge in [-0.25, -0.2) is 0 Å². The SMILES string of the molecule is O=C1OCCC=C[C@@H]2S[C@]34C=CCN(C5CCCCC5)C(=O)C3N(CCO)C(=O)[C@@H]4[C@H]12. The van der Waals surface area contributed by atoms with E-state index >= 15 is 0 Å². The van der Waals surface area contributed by atoms with E-state index in [1.807, 2.05) is 29.2 Å². The van der Waals surface area contributed by atoms with Crippen LogP contribution in [0.1, 0.15) is 38.5 Å². The van der Waals surface area contributed by atoms with Crippen LogP contribution in [0, 0.1) is 11.8 Å². The molecular weight excluding hydrogens is 416 g/mol. The topological polar surface area (TPSA) is 87.2 Å². The van der Waals surface area contributed by atoms with Crippen molar-refractivity contribution in [3.05, 3.63) is 24.3 Å². The van der Waals surface area contributed by atoms with Gasteiger partial charge < -0.3 is 19.6 Å². The number of ether oxygens (including phenoxy) is 1. The van der Waals surface area contributed by atoms with Gasteiger partial charge in [0.05, 0.1) is 29.8 Å². The van der Waals surface area contributed by atoms with Crippen LogP contribution in [0.3, 0.4) is 0 Å². The molecule has 4 aliphatic heterocycles. The van der Waals surface area contributed by atoms with E-state index in [2.05, 4.69) is 0 Å². The number of likely N-dealkylation sites (tertiary alicyclic amines) is 1. The first-order valence-corrected chi connectivity index (χ1v) is 12.4. The number of nitrogens with zero attached hydrogens (tertiary/aromatic N) is 2. The molecule has 0 aromatic heterocycles. The minimum Gasteiger partial charge on any atom is -0.465 e. The van der Waals surface area contributed by atoms with Gasteiger partial charge in [0.15, 0.2) is 0 Å². The van der Waals surface area contributed by atoms with Crippen molar-refractivity contribution in [1.29, 1.82) is 0 Å². The zero-order valence-electron chi connectivity index (χ0n) is 17.7. The normalized spacial score (nSPS) is 38.3. The van der Waals surface area contributed by atoms with Crippen LogP contribution in [0.5, 0.6) is 0 Å². The van der Waals surface area contributed by atoms with Crippen molar-refractivity contribution in [3.63, 3.8) is 0 Å². The summed E-state index contributed by atoms with van der Waals surface area (Å²) in [6, 6.07) is -0.506. The van der Waals surface area contributed by atoms with Gasteiger partial charge in [-0.1, -0.05) is 43.6 Å². The standard InChI is InChI=1S/C23H30N2O5S/c26-13-12-25-19-21(28)24(15-7-2-1-3-8-15)11-6-10-23(19)18(20(25)27)17-16(31-23)9-4-5-14-30-22(17)29/h4,6,9-10,15-19,26H,1-3,5,7-8,11-14H2/t16-,17+,18-,19?,23-/m0/s1. The van der Waals surface area contributed by atoms with Gasteiger partial charge in [0.25, 0.3) is 0 Å². The van der Waals surface area contributed by atoms with Gasteiger partial charge in [0.1, 0.15) is 6.04 Å². The van der Waals surface area contributed by atoms with Crippen molar-refractivity contribution >= 4 is 29.5 Å². The van der Waals surface area contributed by atoms with Crippen LogP contribution in [0.4, 0.5) is 0 Å². The number of esters is 1. The molecule has 31 heavy (non-hydrogen) atoms. The zero-order chi connectivity index (χ0) is 21.6. The van der Waals surface area contributed by atoms with E-state index in [-0.39, 0.29) is 42.2 Å². The fraction of sp³-hybridized carbons (Fsp3) is 0.696. The molecule has 1 saturated carbocycles. The molecule has 5 atom stereocenters. The fourth-order valence-electron chi connectivity index (χ4n) is 6.19. The van der Waals surface area contributed by atoms with E-state index in [4.69, 9.17) is 4.74 Å². The number of carbonyl (C=O) groups is 3. The lowest BCUT2D eigenvalue weighted by molar-refractivity contribution is -0.153. The fourth-order valence-corrected chi connectivity index (χ4v) is 8.19. The highest BCUT2D eigenvalue weighted by Gasteiger charge is 2.71. The van der Waals surface area contributed by atoms with Gasteiger partial charge >= 0.3 is 5.97 Å². The molecule has 0 radical (unpaired) electrons. The number of hydrogen-bond acceptors (Lipinski definition) is 6. The van der Waals surface area contributed by atoms with Crippen LogP contribution < -0.4 is 0 Å². The molecule has 1 aliphatic carbocycles. The number of rotatable bonds is 3. The number of cyclic esters (lactones) is 1. The number of amides is 2. The van der Waals surface area contributed by atoms with Gasteiger partial charge in [-0.05, 0) is 19.3 Å². The number of β-amino-alcohol motifs (C(OH)–C–C–N with tert-alkyl or cyclic N) is 1. The molecule has 1 N–H and O–H groups in total. The predicted octanol–water partition coefficient (Wildman–Crippen LogP) is 1.51. The third-order valence-corrected chi connectivity index (χ3v) is 9.25. The van der Waals surface area contributed by atoms with Crippen LogP contribution in [-0.4, -0.2) is 81.1 Å². The Morgan fingerprint density at radius 1 is 1.13 bits per heavy atom. The smallest absolute Gasteiger partial charge is 0.311 e. The molecule has 0 aromatic rings. The molecule has 5 aliphatic rings. The molecule has 1 spiro atoms. The van der Waals surface area contributed by atoms with Crippen LogP contribution >= 0.6 is 11.8 Å². The maximum absolute atomic E-state index is 14.0. The molecule has 168 valence electrons. The monoisotopic (exact) mass is 446 g/mol. The second-order valence-electron chi connectivity index (χ2n) is 9.17. The predicted molar refractivity (Wildman–Crippen MR) is 116 cm³/mol. The second-order valence-corrected chi connectivity index (χ2v) is 10.7. The van der Waals surface area contributed by atoms with Gasteiger partial charge in [-0.15, -0.1) is 11.8 Å². The van der Waals surface area contributed by atoms with Crippen molar-refractivity contribution in [2.24, 2.45) is 11.8 Å². The molecule has 8 heteroatoms. The van der Waals surface area contributed by atoms with Crippen LogP contribution in [0.15, 0.2) is 24.3 Å². The van der Waals surface area contributed by atoms with E-state index in [0.29, 0.717) is 19.6 Å². The van der Waals surface area contributed by atoms with Crippen molar-refractivity contribution in [1.82, 2.24) is 9.80 Å². The molecule has 0 bridgehead atoms. The molecule has 2 amide bonds. The zero-order valence-corrected chi connectivity index (χ0v) is 18.5. The maximum Gasteiger partial charge on any atom is 0.311 e. The molecule has 0 aromatic carbocycles. The van der Waals surface area contributed by atoms with E-state index in [0.717, 1.165) is 25.7 Å². The lowest BCUT2D eigenvalue weighted by Gasteiger charge is -2.39. The summed E-state index contributed by atoms with van der Waals surface area (Å²) in [5.41, 5.74) is 0. The number of fused-ring (bicyclic) bond motifs is 2. The Labute approximate surface area is 186 Å². The number of thioether (sulfide) groups is 1. The Bertz CT molecular complexity index is 823. The van der Waals surface area contributed by atoms with Crippen molar-refractivity contribution in [2.45, 2.75) is 60.6 Å². The first kappa shape index (κ1) is 21.1. The summed E-state index contributed by atoms with van der Waals surface area (Å²) in [4.78, 5) is 44.1. The highest BCUT2D eigenvalue weighted by molar-refractivity contribution is 8.02. The molecule has 5 rings (SSSR count). The highest BCUT2D eigenvalue weighted by Crippen LogP contribution is 2.60. The van der Waals surface area contributed by atoms with Gasteiger partial charge in [0.2, 0.25) is 11.8 Å². The second kappa shape index (κ2) is 8.28. The van der Waals surface area contributed by atoms with Gasteiger partial charge in [-0.2, -0.15) is 0 Å². The Morgan fingerprint density at radius 3 is 2.71 bits per heavy atom. The van der Waals surface area contributed by atoms with Crippen molar-refractivity contribution < 1.29 is 24.2 Å². The van der Waals surface area contributed by atoms with Gasteiger partial charge in [-0.3, -0.25) is 14.4 Å². The largest absolute Gasteiger partial charge is 0.465 e. The number of aliphatic hydroxyl groups is 1. The summed E-state index contributed by atoms with van der Waals surface area (Å²) < 4.78 is 4.65. The maximum atomic E-state index is 14.0. The summed E-state index contributed by atoms with van der Waals surface area (Å²) in [5, 5.41) is 9.49. The Balaban J connectivity index is 1.57. The van der Waals surface area contributed by atoms with Crippen molar-refractivity contribution in [2.75, 3.05) is 26.3 Å². The average Bonchev–Trinajstić information content (AvgIpc) is 3.13. The quantitative estimate of drug-likeness (QED) is 0.522. The minimum absolute atomic E-state index is 0.0414. The Morgan fingerprint density at radius 2 is 1.94 bits per heavy atom. The third-order valence-electron chi connectivity index (χ3n) is 7.51. The van der Waals surface area contributed by atoms with E-state index in [1.54, 1.807) is 11.8 Å². The summed E-state index contributed by atoms with van der Waals surface area (Å²) in [6.45, 7) is 0.730. The number of carbonyl (C=O) groups excluding carboxylic acids is 3. The summed E-state index contributed by atoms with van der Waals surface area (Å²) in [7, 11) is 0. The van der Waals surface area contributed by atoms with Crippen molar-refractivity contribution in [3.8, 4) is 0 Å². The number of hydrogen-bond donors (Lipinski definition) is 1. The van der Waals surface area contributed by atoms with E-state index in [1.165, 1.54) is 11.3 Å².